The number of amides is 1. The molecule has 3 rings (SSSR count). The molecule has 1 aliphatic rings. The van der Waals surface area contributed by atoms with Crippen molar-refractivity contribution in [2.75, 3.05) is 13.1 Å². The van der Waals surface area contributed by atoms with Crippen LogP contribution < -0.4 is 0 Å². The SMILES string of the molecule is O=C(CCn1c(=S)[nH]c2c(F)cc(F)cc21)N1CCCC1. The van der Waals surface area contributed by atoms with Gasteiger partial charge in [0.2, 0.25) is 5.91 Å². The van der Waals surface area contributed by atoms with Gasteiger partial charge in [-0.1, -0.05) is 0 Å². The number of rotatable bonds is 3. The zero-order valence-corrected chi connectivity index (χ0v) is 12.2. The van der Waals surface area contributed by atoms with Crippen molar-refractivity contribution in [1.82, 2.24) is 14.5 Å². The average Bonchev–Trinajstić information content (AvgIpc) is 3.05. The van der Waals surface area contributed by atoms with Crippen LogP contribution in [0.1, 0.15) is 19.3 Å². The molecule has 1 amide bonds. The summed E-state index contributed by atoms with van der Waals surface area (Å²) in [4.78, 5) is 16.6. The fraction of sp³-hybridized carbons (Fsp3) is 0.429. The number of H-pyrrole nitrogens is 1. The van der Waals surface area contributed by atoms with E-state index in [4.69, 9.17) is 12.2 Å². The van der Waals surface area contributed by atoms with E-state index < -0.39 is 11.6 Å². The summed E-state index contributed by atoms with van der Waals surface area (Å²) in [6.45, 7) is 1.90. The Hall–Kier alpha value is -1.76. The largest absolute Gasteiger partial charge is 0.343 e. The molecular formula is C14H15F2N3OS. The molecule has 7 heteroatoms. The number of hydrogen-bond acceptors (Lipinski definition) is 2. The fourth-order valence-corrected chi connectivity index (χ4v) is 3.03. The Kier molecular flexibility index (Phi) is 3.75. The van der Waals surface area contributed by atoms with E-state index >= 15 is 0 Å². The van der Waals surface area contributed by atoms with Gasteiger partial charge in [0, 0.05) is 32.1 Å². The second-order valence-corrected chi connectivity index (χ2v) is 5.59. The average molecular weight is 311 g/mol. The Morgan fingerprint density at radius 2 is 2.00 bits per heavy atom. The van der Waals surface area contributed by atoms with Gasteiger partial charge in [-0.25, -0.2) is 8.78 Å². The Balaban J connectivity index is 1.85. The first-order chi connectivity index (χ1) is 10.1. The van der Waals surface area contributed by atoms with E-state index in [0.717, 1.165) is 32.0 Å². The maximum Gasteiger partial charge on any atom is 0.224 e. The number of aromatic amines is 1. The second-order valence-electron chi connectivity index (χ2n) is 5.20. The first-order valence-electron chi connectivity index (χ1n) is 6.91. The van der Waals surface area contributed by atoms with Crippen molar-refractivity contribution in [3.05, 3.63) is 28.5 Å². The highest BCUT2D eigenvalue weighted by Crippen LogP contribution is 2.20. The highest BCUT2D eigenvalue weighted by molar-refractivity contribution is 7.71. The minimum absolute atomic E-state index is 0.0561. The first-order valence-corrected chi connectivity index (χ1v) is 7.32. The van der Waals surface area contributed by atoms with Crippen molar-refractivity contribution in [2.24, 2.45) is 0 Å². The number of nitrogens with one attached hydrogen (secondary N) is 1. The molecule has 0 spiro atoms. The molecule has 0 bridgehead atoms. The van der Waals surface area contributed by atoms with Gasteiger partial charge < -0.3 is 14.5 Å². The lowest BCUT2D eigenvalue weighted by molar-refractivity contribution is -0.130. The van der Waals surface area contributed by atoms with E-state index in [1.807, 2.05) is 4.90 Å². The molecule has 0 atom stereocenters. The number of benzene rings is 1. The highest BCUT2D eigenvalue weighted by atomic mass is 32.1. The standard InChI is InChI=1S/C14H15F2N3OS/c15-9-7-10(16)13-11(8-9)19(14(21)17-13)6-3-12(20)18-4-1-2-5-18/h7-8H,1-6H2,(H,17,21). The van der Waals surface area contributed by atoms with Crippen LogP contribution in [0, 0.1) is 16.4 Å². The predicted molar refractivity (Wildman–Crippen MR) is 77.5 cm³/mol. The summed E-state index contributed by atoms with van der Waals surface area (Å²) in [5.74, 6) is -1.28. The lowest BCUT2D eigenvalue weighted by Gasteiger charge is -2.15. The molecule has 1 saturated heterocycles. The molecule has 0 unspecified atom stereocenters. The Labute approximate surface area is 125 Å². The third-order valence-corrected chi connectivity index (χ3v) is 4.13. The van der Waals surface area contributed by atoms with Crippen LogP contribution in [0.25, 0.3) is 11.0 Å². The van der Waals surface area contributed by atoms with E-state index in [1.165, 1.54) is 6.07 Å². The number of halogens is 2. The third-order valence-electron chi connectivity index (χ3n) is 3.81. The lowest BCUT2D eigenvalue weighted by Crippen LogP contribution is -2.28. The summed E-state index contributed by atoms with van der Waals surface area (Å²) in [5, 5.41) is 0. The quantitative estimate of drug-likeness (QED) is 0.885. The van der Waals surface area contributed by atoms with Crippen LogP contribution in [0.15, 0.2) is 12.1 Å². The molecule has 4 nitrogen and oxygen atoms in total. The lowest BCUT2D eigenvalue weighted by atomic mass is 10.3. The molecule has 1 aromatic heterocycles. The van der Waals surface area contributed by atoms with Gasteiger partial charge in [-0.05, 0) is 31.1 Å². The molecular weight excluding hydrogens is 296 g/mol. The van der Waals surface area contributed by atoms with Gasteiger partial charge in [0.1, 0.15) is 11.3 Å². The Bertz CT molecular complexity index is 746. The molecule has 0 saturated carbocycles. The van der Waals surface area contributed by atoms with E-state index in [9.17, 15) is 13.6 Å². The minimum atomic E-state index is -0.680. The number of likely N-dealkylation sites (tertiary alicyclic amines) is 1. The van der Waals surface area contributed by atoms with E-state index in [2.05, 4.69) is 4.98 Å². The molecule has 1 aromatic carbocycles. The number of imidazole rings is 1. The van der Waals surface area contributed by atoms with Crippen LogP contribution in [0.4, 0.5) is 8.78 Å². The Morgan fingerprint density at radius 1 is 1.29 bits per heavy atom. The number of aryl methyl sites for hydroxylation is 1. The summed E-state index contributed by atoms with van der Waals surface area (Å²) in [6.07, 6.45) is 2.35. The molecule has 0 radical (unpaired) electrons. The van der Waals surface area contributed by atoms with Crippen molar-refractivity contribution in [3.63, 3.8) is 0 Å². The molecule has 2 aromatic rings. The summed E-state index contributed by atoms with van der Waals surface area (Å²) in [5.41, 5.74) is 0.529. The smallest absolute Gasteiger partial charge is 0.224 e. The van der Waals surface area contributed by atoms with Crippen molar-refractivity contribution < 1.29 is 13.6 Å². The van der Waals surface area contributed by atoms with Gasteiger partial charge in [-0.3, -0.25) is 4.79 Å². The van der Waals surface area contributed by atoms with Crippen molar-refractivity contribution >= 4 is 29.2 Å². The minimum Gasteiger partial charge on any atom is -0.343 e. The highest BCUT2D eigenvalue weighted by Gasteiger charge is 2.18. The van der Waals surface area contributed by atoms with E-state index in [0.29, 0.717) is 16.8 Å². The van der Waals surface area contributed by atoms with Crippen LogP contribution in [-0.4, -0.2) is 33.4 Å². The van der Waals surface area contributed by atoms with Gasteiger partial charge in [0.25, 0.3) is 0 Å². The van der Waals surface area contributed by atoms with Gasteiger partial charge >= 0.3 is 0 Å². The zero-order chi connectivity index (χ0) is 15.0. The summed E-state index contributed by atoms with van der Waals surface area (Å²) in [7, 11) is 0. The predicted octanol–water partition coefficient (Wildman–Crippen LogP) is 2.99. The van der Waals surface area contributed by atoms with E-state index in [1.54, 1.807) is 4.57 Å². The molecule has 21 heavy (non-hydrogen) atoms. The van der Waals surface area contributed by atoms with Gasteiger partial charge in [-0.2, -0.15) is 0 Å². The van der Waals surface area contributed by atoms with Gasteiger partial charge in [0.05, 0.1) is 5.52 Å². The van der Waals surface area contributed by atoms with Gasteiger partial charge in [0.15, 0.2) is 10.6 Å². The van der Waals surface area contributed by atoms with Crippen LogP contribution in [0.5, 0.6) is 0 Å². The third kappa shape index (κ3) is 2.70. The number of carbonyl (C=O) groups excluding carboxylic acids is 1. The summed E-state index contributed by atoms with van der Waals surface area (Å²) in [6, 6.07) is 2.04. The zero-order valence-electron chi connectivity index (χ0n) is 11.4. The number of carbonyl (C=O) groups is 1. The molecule has 112 valence electrons. The van der Waals surface area contributed by atoms with Crippen LogP contribution >= 0.6 is 12.2 Å². The molecule has 1 N–H and O–H groups in total. The fourth-order valence-electron chi connectivity index (χ4n) is 2.73. The number of hydrogen-bond donors (Lipinski definition) is 1. The summed E-state index contributed by atoms with van der Waals surface area (Å²) < 4.78 is 28.9. The maximum absolute atomic E-state index is 13.7. The maximum atomic E-state index is 13.7. The van der Waals surface area contributed by atoms with Crippen molar-refractivity contribution in [2.45, 2.75) is 25.8 Å². The molecule has 1 aliphatic heterocycles. The van der Waals surface area contributed by atoms with E-state index in [-0.39, 0.29) is 17.8 Å². The molecule has 0 aliphatic carbocycles. The van der Waals surface area contributed by atoms with Crippen LogP contribution in [-0.2, 0) is 11.3 Å². The van der Waals surface area contributed by atoms with Crippen LogP contribution in [0.2, 0.25) is 0 Å². The molecule has 1 fully saturated rings. The van der Waals surface area contributed by atoms with Crippen LogP contribution in [0.3, 0.4) is 0 Å². The first kappa shape index (κ1) is 14.2. The Morgan fingerprint density at radius 3 is 2.71 bits per heavy atom. The normalized spacial score (nSPS) is 15.0. The number of nitrogens with zero attached hydrogens (tertiary/aromatic N) is 2. The topological polar surface area (TPSA) is 41.0 Å². The summed E-state index contributed by atoms with van der Waals surface area (Å²) >= 11 is 5.14. The van der Waals surface area contributed by atoms with Crippen molar-refractivity contribution in [3.8, 4) is 0 Å². The second kappa shape index (κ2) is 5.55. The number of fused-ring (bicyclic) bond motifs is 1. The van der Waals surface area contributed by atoms with Crippen molar-refractivity contribution in [1.29, 1.82) is 0 Å². The molecule has 2 heterocycles. The number of aromatic nitrogens is 2. The van der Waals surface area contributed by atoms with Gasteiger partial charge in [-0.15, -0.1) is 0 Å². The monoisotopic (exact) mass is 311 g/mol.